The van der Waals surface area contributed by atoms with Crippen LogP contribution in [0.25, 0.3) is 11.3 Å². The van der Waals surface area contributed by atoms with Gasteiger partial charge in [0, 0.05) is 6.54 Å². The van der Waals surface area contributed by atoms with Crippen LogP contribution in [0.5, 0.6) is 0 Å². The van der Waals surface area contributed by atoms with Crippen LogP contribution in [-0.4, -0.2) is 29.7 Å². The van der Waals surface area contributed by atoms with Crippen LogP contribution in [0, 0.1) is 0 Å². The smallest absolute Gasteiger partial charge is 0.126 e. The molecule has 0 aliphatic carbocycles. The SMILES string of the molecule is CCc1ccc(-c2cnc(C3COCCN3)[nH]2)cc1. The zero-order chi connectivity index (χ0) is 13.1. The zero-order valence-electron chi connectivity index (χ0n) is 11.1. The number of aromatic nitrogens is 2. The van der Waals surface area contributed by atoms with E-state index in [1.54, 1.807) is 0 Å². The van der Waals surface area contributed by atoms with Crippen LogP contribution >= 0.6 is 0 Å². The van der Waals surface area contributed by atoms with E-state index in [0.717, 1.165) is 31.1 Å². The number of imidazole rings is 1. The molecular formula is C15H19N3O. The molecule has 2 heterocycles. The molecule has 2 N–H and O–H groups in total. The van der Waals surface area contributed by atoms with Crippen LogP contribution in [0.15, 0.2) is 30.5 Å². The number of benzene rings is 1. The average Bonchev–Trinajstić information content (AvgIpc) is 2.98. The number of hydrogen-bond donors (Lipinski definition) is 2. The minimum absolute atomic E-state index is 0.178. The van der Waals surface area contributed by atoms with Gasteiger partial charge < -0.3 is 15.0 Å². The normalized spacial score (nSPS) is 19.5. The number of rotatable bonds is 3. The molecule has 1 aliphatic rings. The third-order valence-corrected chi connectivity index (χ3v) is 3.52. The topological polar surface area (TPSA) is 49.9 Å². The van der Waals surface area contributed by atoms with Crippen LogP contribution in [0.2, 0.25) is 0 Å². The summed E-state index contributed by atoms with van der Waals surface area (Å²) in [5, 5.41) is 3.40. The molecule has 1 aliphatic heterocycles. The van der Waals surface area contributed by atoms with Crippen molar-refractivity contribution in [2.45, 2.75) is 19.4 Å². The third-order valence-electron chi connectivity index (χ3n) is 3.52. The summed E-state index contributed by atoms with van der Waals surface area (Å²) in [4.78, 5) is 7.84. The highest BCUT2D eigenvalue weighted by atomic mass is 16.5. The Labute approximate surface area is 113 Å². The Bertz CT molecular complexity index is 527. The number of nitrogens with one attached hydrogen (secondary N) is 2. The molecule has 0 bridgehead atoms. The quantitative estimate of drug-likeness (QED) is 0.887. The first-order valence-corrected chi connectivity index (χ1v) is 6.82. The van der Waals surface area contributed by atoms with Crippen molar-refractivity contribution < 1.29 is 4.74 Å². The van der Waals surface area contributed by atoms with Gasteiger partial charge in [-0.15, -0.1) is 0 Å². The highest BCUT2D eigenvalue weighted by Crippen LogP contribution is 2.20. The van der Waals surface area contributed by atoms with Crippen LogP contribution in [0.4, 0.5) is 0 Å². The minimum atomic E-state index is 0.178. The monoisotopic (exact) mass is 257 g/mol. The molecule has 0 amide bonds. The van der Waals surface area contributed by atoms with E-state index in [1.807, 2.05) is 6.20 Å². The molecule has 1 fully saturated rings. The highest BCUT2D eigenvalue weighted by Gasteiger charge is 2.18. The van der Waals surface area contributed by atoms with Gasteiger partial charge in [-0.3, -0.25) is 0 Å². The van der Waals surface area contributed by atoms with Gasteiger partial charge >= 0.3 is 0 Å². The van der Waals surface area contributed by atoms with Gasteiger partial charge in [0.2, 0.25) is 0 Å². The summed E-state index contributed by atoms with van der Waals surface area (Å²) in [5.74, 6) is 0.953. The van der Waals surface area contributed by atoms with Gasteiger partial charge in [0.15, 0.2) is 0 Å². The Morgan fingerprint density at radius 3 is 2.84 bits per heavy atom. The van der Waals surface area contributed by atoms with E-state index in [1.165, 1.54) is 11.1 Å². The molecule has 4 nitrogen and oxygen atoms in total. The van der Waals surface area contributed by atoms with Crippen LogP contribution in [0.1, 0.15) is 24.4 Å². The summed E-state index contributed by atoms with van der Waals surface area (Å²) in [7, 11) is 0. The van der Waals surface area contributed by atoms with Crippen LogP contribution < -0.4 is 5.32 Å². The first kappa shape index (κ1) is 12.4. The van der Waals surface area contributed by atoms with E-state index in [-0.39, 0.29) is 6.04 Å². The van der Waals surface area contributed by atoms with Crippen molar-refractivity contribution in [3.05, 3.63) is 41.9 Å². The lowest BCUT2D eigenvalue weighted by atomic mass is 10.1. The van der Waals surface area contributed by atoms with Crippen LogP contribution in [-0.2, 0) is 11.2 Å². The standard InChI is InChI=1S/C15H19N3O/c1-2-11-3-5-12(6-4-11)13-9-17-15(18-13)14-10-19-8-7-16-14/h3-6,9,14,16H,2,7-8,10H2,1H3,(H,17,18). The maximum Gasteiger partial charge on any atom is 0.126 e. The van der Waals surface area contributed by atoms with Crippen molar-refractivity contribution >= 4 is 0 Å². The van der Waals surface area contributed by atoms with Crippen molar-refractivity contribution in [1.29, 1.82) is 0 Å². The van der Waals surface area contributed by atoms with Crippen molar-refractivity contribution in [3.8, 4) is 11.3 Å². The van der Waals surface area contributed by atoms with Gasteiger partial charge in [-0.1, -0.05) is 31.2 Å². The first-order valence-electron chi connectivity index (χ1n) is 6.82. The predicted octanol–water partition coefficient (Wildman–Crippen LogP) is 2.30. The number of ether oxygens (including phenoxy) is 1. The molecule has 0 saturated carbocycles. The van der Waals surface area contributed by atoms with Gasteiger partial charge in [0.1, 0.15) is 5.82 Å². The van der Waals surface area contributed by atoms with E-state index in [4.69, 9.17) is 4.74 Å². The summed E-state index contributed by atoms with van der Waals surface area (Å²) >= 11 is 0. The lowest BCUT2D eigenvalue weighted by molar-refractivity contribution is 0.0745. The molecule has 1 aromatic carbocycles. The number of morpholine rings is 1. The Morgan fingerprint density at radius 2 is 2.16 bits per heavy atom. The second kappa shape index (κ2) is 5.55. The Balaban J connectivity index is 1.79. The van der Waals surface area contributed by atoms with Gasteiger partial charge in [-0.2, -0.15) is 0 Å². The largest absolute Gasteiger partial charge is 0.378 e. The molecule has 1 unspecified atom stereocenters. The highest BCUT2D eigenvalue weighted by molar-refractivity contribution is 5.58. The van der Waals surface area contributed by atoms with Crippen molar-refractivity contribution in [2.24, 2.45) is 0 Å². The van der Waals surface area contributed by atoms with Gasteiger partial charge in [-0.05, 0) is 17.5 Å². The number of H-pyrrole nitrogens is 1. The Hall–Kier alpha value is -1.65. The summed E-state index contributed by atoms with van der Waals surface area (Å²) in [6, 6.07) is 8.79. The molecule has 1 aromatic heterocycles. The predicted molar refractivity (Wildman–Crippen MR) is 75.0 cm³/mol. The lowest BCUT2D eigenvalue weighted by Crippen LogP contribution is -2.35. The van der Waals surface area contributed by atoms with Crippen molar-refractivity contribution in [1.82, 2.24) is 15.3 Å². The van der Waals surface area contributed by atoms with E-state index in [0.29, 0.717) is 6.61 Å². The molecular weight excluding hydrogens is 238 g/mol. The zero-order valence-corrected chi connectivity index (χ0v) is 11.1. The summed E-state index contributed by atoms with van der Waals surface area (Å²) < 4.78 is 5.46. The number of aromatic amines is 1. The molecule has 100 valence electrons. The van der Waals surface area contributed by atoms with Gasteiger partial charge in [-0.25, -0.2) is 4.98 Å². The van der Waals surface area contributed by atoms with Gasteiger partial charge in [0.25, 0.3) is 0 Å². The second-order valence-electron chi connectivity index (χ2n) is 4.81. The summed E-state index contributed by atoms with van der Waals surface area (Å²) in [6.07, 6.45) is 2.96. The van der Waals surface area contributed by atoms with E-state index in [9.17, 15) is 0 Å². The molecule has 0 radical (unpaired) electrons. The molecule has 3 rings (SSSR count). The molecule has 1 atom stereocenters. The fourth-order valence-corrected chi connectivity index (χ4v) is 2.32. The second-order valence-corrected chi connectivity index (χ2v) is 4.81. The molecule has 19 heavy (non-hydrogen) atoms. The van der Waals surface area contributed by atoms with Gasteiger partial charge in [0.05, 0.1) is 31.1 Å². The number of aryl methyl sites for hydroxylation is 1. The fraction of sp³-hybridized carbons (Fsp3) is 0.400. The van der Waals surface area contributed by atoms with E-state index in [2.05, 4.69) is 46.5 Å². The molecule has 0 spiro atoms. The maximum atomic E-state index is 5.46. The maximum absolute atomic E-state index is 5.46. The molecule has 1 saturated heterocycles. The number of hydrogen-bond acceptors (Lipinski definition) is 3. The third kappa shape index (κ3) is 2.69. The average molecular weight is 257 g/mol. The fourth-order valence-electron chi connectivity index (χ4n) is 2.32. The van der Waals surface area contributed by atoms with E-state index < -0.39 is 0 Å². The van der Waals surface area contributed by atoms with Crippen LogP contribution in [0.3, 0.4) is 0 Å². The molecule has 2 aromatic rings. The Morgan fingerprint density at radius 1 is 1.32 bits per heavy atom. The first-order chi connectivity index (χ1) is 9.36. The lowest BCUT2D eigenvalue weighted by Gasteiger charge is -2.21. The van der Waals surface area contributed by atoms with Crippen molar-refractivity contribution in [3.63, 3.8) is 0 Å². The molecule has 4 heteroatoms. The Kier molecular flexibility index (Phi) is 3.62. The minimum Gasteiger partial charge on any atom is -0.378 e. The summed E-state index contributed by atoms with van der Waals surface area (Å²) in [5.41, 5.74) is 3.59. The number of nitrogens with zero attached hydrogens (tertiary/aromatic N) is 1. The van der Waals surface area contributed by atoms with Crippen molar-refractivity contribution in [2.75, 3.05) is 19.8 Å². The summed E-state index contributed by atoms with van der Waals surface area (Å²) in [6.45, 7) is 4.51. The van der Waals surface area contributed by atoms with E-state index >= 15 is 0 Å².